The molecule has 0 atom stereocenters. The van der Waals surface area contributed by atoms with Gasteiger partial charge in [0.15, 0.2) is 12.4 Å². The molecule has 1 aromatic heterocycles. The Kier molecular flexibility index (Phi) is 6.80. The molecule has 0 aliphatic rings. The second-order valence-corrected chi connectivity index (χ2v) is 8.43. The second kappa shape index (κ2) is 9.93. The lowest BCUT2D eigenvalue weighted by molar-refractivity contribution is -0.118. The highest BCUT2D eigenvalue weighted by atomic mass is 35.5. The summed E-state index contributed by atoms with van der Waals surface area (Å²) in [5.74, 6) is 0.0834. The number of ketones is 1. The zero-order valence-corrected chi connectivity index (χ0v) is 19.9. The van der Waals surface area contributed by atoms with E-state index in [0.717, 1.165) is 17.1 Å². The number of aromatic nitrogens is 2. The zero-order valence-electron chi connectivity index (χ0n) is 19.1. The molecule has 0 aliphatic carbocycles. The molecule has 0 fully saturated rings. The highest BCUT2D eigenvalue weighted by Gasteiger charge is 2.16. The summed E-state index contributed by atoms with van der Waals surface area (Å²) in [6.07, 6.45) is 0. The van der Waals surface area contributed by atoms with Gasteiger partial charge in [0.25, 0.3) is 5.91 Å². The van der Waals surface area contributed by atoms with Gasteiger partial charge in [-0.15, -0.1) is 0 Å². The molecule has 34 heavy (non-hydrogen) atoms. The van der Waals surface area contributed by atoms with Gasteiger partial charge in [-0.3, -0.25) is 9.59 Å². The molecule has 0 aliphatic heterocycles. The average Bonchev–Trinajstić information content (AvgIpc) is 3.12. The van der Waals surface area contributed by atoms with Gasteiger partial charge in [-0.05, 0) is 81.4 Å². The van der Waals surface area contributed by atoms with E-state index in [9.17, 15) is 9.59 Å². The Balaban J connectivity index is 1.37. The van der Waals surface area contributed by atoms with Gasteiger partial charge in [0.2, 0.25) is 0 Å². The van der Waals surface area contributed by atoms with Gasteiger partial charge >= 0.3 is 0 Å². The largest absolute Gasteiger partial charge is 0.484 e. The number of ether oxygens (including phenoxy) is 1. The van der Waals surface area contributed by atoms with Crippen LogP contribution in [-0.2, 0) is 4.79 Å². The molecule has 1 heterocycles. The third-order valence-electron chi connectivity index (χ3n) is 5.43. The standard InChI is InChI=1S/C27H24ClN3O3/c1-17-4-12-23(13-5-17)31-19(3)26(18(2)30-31)29-25(32)16-34-24-14-8-21(9-15-24)27(33)20-6-10-22(28)11-7-20/h4-15H,16H2,1-3H3,(H,29,32). The van der Waals surface area contributed by atoms with Crippen LogP contribution < -0.4 is 10.1 Å². The van der Waals surface area contributed by atoms with Crippen LogP contribution in [0.5, 0.6) is 5.75 Å². The van der Waals surface area contributed by atoms with E-state index >= 15 is 0 Å². The SMILES string of the molecule is Cc1ccc(-n2nc(C)c(NC(=O)COc3ccc(C(=O)c4ccc(Cl)cc4)cc3)c2C)cc1. The number of hydrogen-bond acceptors (Lipinski definition) is 4. The van der Waals surface area contributed by atoms with E-state index in [0.29, 0.717) is 27.6 Å². The number of aryl methyl sites for hydroxylation is 2. The van der Waals surface area contributed by atoms with Crippen LogP contribution in [-0.4, -0.2) is 28.1 Å². The Labute approximate surface area is 203 Å². The van der Waals surface area contributed by atoms with Gasteiger partial charge < -0.3 is 10.1 Å². The summed E-state index contributed by atoms with van der Waals surface area (Å²) in [5, 5.41) is 8.03. The topological polar surface area (TPSA) is 73.2 Å². The van der Waals surface area contributed by atoms with E-state index in [1.165, 1.54) is 5.56 Å². The predicted octanol–water partition coefficient (Wildman–Crippen LogP) is 5.70. The van der Waals surface area contributed by atoms with Crippen molar-refractivity contribution in [3.63, 3.8) is 0 Å². The van der Waals surface area contributed by atoms with Crippen molar-refractivity contribution in [3.8, 4) is 11.4 Å². The Morgan fingerprint density at radius 1 is 0.882 bits per heavy atom. The van der Waals surface area contributed by atoms with Gasteiger partial charge in [0.05, 0.1) is 22.8 Å². The highest BCUT2D eigenvalue weighted by Crippen LogP contribution is 2.23. The summed E-state index contributed by atoms with van der Waals surface area (Å²) in [5.41, 5.74) is 5.38. The molecular formula is C27H24ClN3O3. The molecule has 4 rings (SSSR count). The van der Waals surface area contributed by atoms with E-state index in [-0.39, 0.29) is 18.3 Å². The van der Waals surface area contributed by atoms with Crippen LogP contribution in [0.1, 0.15) is 32.9 Å². The first-order valence-electron chi connectivity index (χ1n) is 10.8. The minimum absolute atomic E-state index is 0.113. The zero-order chi connectivity index (χ0) is 24.2. The van der Waals surface area contributed by atoms with Crippen molar-refractivity contribution in [2.75, 3.05) is 11.9 Å². The molecule has 0 saturated carbocycles. The Morgan fingerprint density at radius 3 is 2.09 bits per heavy atom. The molecular weight excluding hydrogens is 450 g/mol. The van der Waals surface area contributed by atoms with Crippen molar-refractivity contribution in [2.24, 2.45) is 0 Å². The number of carbonyl (C=O) groups excluding carboxylic acids is 2. The van der Waals surface area contributed by atoms with Crippen LogP contribution in [0.2, 0.25) is 5.02 Å². The Bertz CT molecular complexity index is 1330. The quantitative estimate of drug-likeness (QED) is 0.349. The fourth-order valence-corrected chi connectivity index (χ4v) is 3.68. The highest BCUT2D eigenvalue weighted by molar-refractivity contribution is 6.30. The molecule has 1 amide bonds. The monoisotopic (exact) mass is 473 g/mol. The molecule has 0 bridgehead atoms. The van der Waals surface area contributed by atoms with E-state index in [1.54, 1.807) is 48.5 Å². The number of nitrogens with one attached hydrogen (secondary N) is 1. The number of halogens is 1. The van der Waals surface area contributed by atoms with E-state index < -0.39 is 0 Å². The van der Waals surface area contributed by atoms with Crippen LogP contribution in [0.15, 0.2) is 72.8 Å². The van der Waals surface area contributed by atoms with Crippen LogP contribution in [0.25, 0.3) is 5.69 Å². The first kappa shape index (κ1) is 23.3. The maximum Gasteiger partial charge on any atom is 0.262 e. The number of carbonyl (C=O) groups is 2. The number of rotatable bonds is 7. The van der Waals surface area contributed by atoms with E-state index in [4.69, 9.17) is 16.3 Å². The lowest BCUT2D eigenvalue weighted by Crippen LogP contribution is -2.21. The summed E-state index contributed by atoms with van der Waals surface area (Å²) in [6.45, 7) is 5.62. The normalized spacial score (nSPS) is 10.7. The van der Waals surface area contributed by atoms with Crippen molar-refractivity contribution < 1.29 is 14.3 Å². The Hall–Kier alpha value is -3.90. The minimum Gasteiger partial charge on any atom is -0.484 e. The maximum absolute atomic E-state index is 12.6. The number of hydrogen-bond donors (Lipinski definition) is 1. The molecule has 3 aromatic carbocycles. The predicted molar refractivity (Wildman–Crippen MR) is 133 cm³/mol. The van der Waals surface area contributed by atoms with Crippen molar-refractivity contribution in [3.05, 3.63) is 106 Å². The number of anilines is 1. The van der Waals surface area contributed by atoms with Gasteiger partial charge in [-0.25, -0.2) is 4.68 Å². The van der Waals surface area contributed by atoms with Crippen LogP contribution >= 0.6 is 11.6 Å². The molecule has 172 valence electrons. The van der Waals surface area contributed by atoms with Crippen molar-refractivity contribution >= 4 is 29.0 Å². The average molecular weight is 474 g/mol. The summed E-state index contributed by atoms with van der Waals surface area (Å²) < 4.78 is 7.42. The number of amides is 1. The van der Waals surface area contributed by atoms with Gasteiger partial charge in [-0.1, -0.05) is 29.3 Å². The fourth-order valence-electron chi connectivity index (χ4n) is 3.56. The first-order chi connectivity index (χ1) is 16.3. The minimum atomic E-state index is -0.295. The van der Waals surface area contributed by atoms with E-state index in [2.05, 4.69) is 10.4 Å². The van der Waals surface area contributed by atoms with Crippen LogP contribution in [0.3, 0.4) is 0 Å². The van der Waals surface area contributed by atoms with E-state index in [1.807, 2.05) is 49.7 Å². The van der Waals surface area contributed by atoms with Crippen LogP contribution in [0.4, 0.5) is 5.69 Å². The summed E-state index contributed by atoms with van der Waals surface area (Å²) in [7, 11) is 0. The van der Waals surface area contributed by atoms with Crippen LogP contribution in [0, 0.1) is 20.8 Å². The van der Waals surface area contributed by atoms with Crippen molar-refractivity contribution in [2.45, 2.75) is 20.8 Å². The second-order valence-electron chi connectivity index (χ2n) is 7.99. The number of benzene rings is 3. The van der Waals surface area contributed by atoms with Gasteiger partial charge in [0, 0.05) is 16.1 Å². The molecule has 7 heteroatoms. The van der Waals surface area contributed by atoms with Crippen molar-refractivity contribution in [1.29, 1.82) is 0 Å². The summed E-state index contributed by atoms with van der Waals surface area (Å²) in [4.78, 5) is 25.1. The molecule has 1 N–H and O–H groups in total. The fraction of sp³-hybridized carbons (Fsp3) is 0.148. The third kappa shape index (κ3) is 5.18. The molecule has 6 nitrogen and oxygen atoms in total. The molecule has 4 aromatic rings. The molecule has 0 unspecified atom stereocenters. The van der Waals surface area contributed by atoms with Gasteiger partial charge in [-0.2, -0.15) is 5.10 Å². The molecule has 0 spiro atoms. The lowest BCUT2D eigenvalue weighted by atomic mass is 10.0. The lowest BCUT2D eigenvalue weighted by Gasteiger charge is -2.09. The van der Waals surface area contributed by atoms with Crippen molar-refractivity contribution in [1.82, 2.24) is 9.78 Å². The number of nitrogens with zero attached hydrogens (tertiary/aromatic N) is 2. The molecule has 0 saturated heterocycles. The Morgan fingerprint density at radius 2 is 1.47 bits per heavy atom. The first-order valence-corrected chi connectivity index (χ1v) is 11.2. The maximum atomic E-state index is 12.6. The van der Waals surface area contributed by atoms with Gasteiger partial charge in [0.1, 0.15) is 5.75 Å². The smallest absolute Gasteiger partial charge is 0.262 e. The summed E-state index contributed by atoms with van der Waals surface area (Å²) in [6, 6.07) is 21.4. The summed E-state index contributed by atoms with van der Waals surface area (Å²) >= 11 is 5.88. The molecule has 0 radical (unpaired) electrons. The third-order valence-corrected chi connectivity index (χ3v) is 5.68.